The Bertz CT molecular complexity index is 650. The fourth-order valence-corrected chi connectivity index (χ4v) is 2.15. The Morgan fingerprint density at radius 1 is 1.32 bits per heavy atom. The van der Waals surface area contributed by atoms with Gasteiger partial charge in [-0.25, -0.2) is 0 Å². The van der Waals surface area contributed by atoms with Crippen LogP contribution in [0.4, 0.5) is 0 Å². The first-order valence-corrected chi connectivity index (χ1v) is 6.43. The van der Waals surface area contributed by atoms with Crippen LogP contribution in [0.1, 0.15) is 24.4 Å². The number of furan rings is 1. The third kappa shape index (κ3) is 2.39. The molecule has 0 fully saturated rings. The highest BCUT2D eigenvalue weighted by molar-refractivity contribution is 5.77. The summed E-state index contributed by atoms with van der Waals surface area (Å²) in [7, 11) is 1.95. The Kier molecular flexibility index (Phi) is 3.09. The summed E-state index contributed by atoms with van der Waals surface area (Å²) in [5.74, 6) is 0.961. The predicted molar refractivity (Wildman–Crippen MR) is 74.7 cm³/mol. The molecular weight excluding hydrogens is 238 g/mol. The topological polar surface area (TPSA) is 43.0 Å². The lowest BCUT2D eigenvalue weighted by molar-refractivity contribution is 0.445. The number of nitrogens with one attached hydrogen (secondary N) is 1. The van der Waals surface area contributed by atoms with E-state index in [4.69, 9.17) is 4.42 Å². The lowest BCUT2D eigenvalue weighted by Gasteiger charge is -2.11. The summed E-state index contributed by atoms with van der Waals surface area (Å²) in [6.07, 6.45) is 1.81. The molecule has 3 aromatic rings. The van der Waals surface area contributed by atoms with Gasteiger partial charge in [0.05, 0.1) is 11.7 Å². The zero-order valence-corrected chi connectivity index (χ0v) is 11.1. The molecule has 0 bridgehead atoms. The predicted octanol–water partition coefficient (Wildman–Crippen LogP) is 3.02. The van der Waals surface area contributed by atoms with Crippen molar-refractivity contribution >= 4 is 11.0 Å². The first-order chi connectivity index (χ1) is 9.24. The average Bonchev–Trinajstić information content (AvgIpc) is 3.01. The number of rotatable bonds is 4. The van der Waals surface area contributed by atoms with Gasteiger partial charge in [-0.3, -0.25) is 4.68 Å². The van der Waals surface area contributed by atoms with Crippen molar-refractivity contribution in [3.8, 4) is 0 Å². The van der Waals surface area contributed by atoms with Crippen LogP contribution in [0.3, 0.4) is 0 Å². The third-order valence-corrected chi connectivity index (χ3v) is 3.38. The number of hydrogen-bond donors (Lipinski definition) is 1. The summed E-state index contributed by atoms with van der Waals surface area (Å²) in [6.45, 7) is 2.88. The van der Waals surface area contributed by atoms with Gasteiger partial charge in [0.25, 0.3) is 0 Å². The summed E-state index contributed by atoms with van der Waals surface area (Å²) in [6, 6.07) is 12.3. The van der Waals surface area contributed by atoms with E-state index in [1.807, 2.05) is 42.2 Å². The number of hydrogen-bond acceptors (Lipinski definition) is 3. The molecular formula is C15H17N3O. The van der Waals surface area contributed by atoms with Gasteiger partial charge < -0.3 is 9.73 Å². The van der Waals surface area contributed by atoms with Crippen molar-refractivity contribution in [3.05, 3.63) is 54.0 Å². The van der Waals surface area contributed by atoms with Gasteiger partial charge in [0.15, 0.2) is 0 Å². The quantitative estimate of drug-likeness (QED) is 0.779. The molecule has 0 aliphatic rings. The largest absolute Gasteiger partial charge is 0.459 e. The highest BCUT2D eigenvalue weighted by Gasteiger charge is 2.11. The first-order valence-electron chi connectivity index (χ1n) is 6.43. The van der Waals surface area contributed by atoms with E-state index in [-0.39, 0.29) is 6.04 Å². The monoisotopic (exact) mass is 255 g/mol. The van der Waals surface area contributed by atoms with Gasteiger partial charge in [0.1, 0.15) is 11.3 Å². The molecule has 0 saturated carbocycles. The number of fused-ring (bicyclic) bond motifs is 1. The molecule has 2 aromatic heterocycles. The molecule has 98 valence electrons. The van der Waals surface area contributed by atoms with Crippen LogP contribution in [0.5, 0.6) is 0 Å². The highest BCUT2D eigenvalue weighted by atomic mass is 16.3. The van der Waals surface area contributed by atoms with Crippen molar-refractivity contribution in [3.63, 3.8) is 0 Å². The molecule has 2 heterocycles. The molecule has 19 heavy (non-hydrogen) atoms. The normalized spacial score (nSPS) is 12.9. The SMILES string of the molecule is CC(NCc1ccnn1C)c1cc2ccccc2o1. The molecule has 1 aromatic carbocycles. The van der Waals surface area contributed by atoms with E-state index < -0.39 is 0 Å². The van der Waals surface area contributed by atoms with Gasteiger partial charge in [0.2, 0.25) is 0 Å². The number of para-hydroxylation sites is 1. The number of nitrogens with zero attached hydrogens (tertiary/aromatic N) is 2. The van der Waals surface area contributed by atoms with Gasteiger partial charge in [0, 0.05) is 25.2 Å². The van der Waals surface area contributed by atoms with E-state index in [9.17, 15) is 0 Å². The summed E-state index contributed by atoms with van der Waals surface area (Å²) in [5.41, 5.74) is 2.09. The van der Waals surface area contributed by atoms with Crippen molar-refractivity contribution in [2.75, 3.05) is 0 Å². The minimum atomic E-state index is 0.169. The molecule has 0 aliphatic heterocycles. The molecule has 3 rings (SSSR count). The molecule has 0 aliphatic carbocycles. The maximum atomic E-state index is 5.85. The van der Waals surface area contributed by atoms with Gasteiger partial charge >= 0.3 is 0 Å². The Morgan fingerprint density at radius 3 is 2.89 bits per heavy atom. The standard InChI is InChI=1S/C15H17N3O/c1-11(16-10-13-7-8-17-18(13)2)15-9-12-5-3-4-6-14(12)19-15/h3-9,11,16H,10H2,1-2H3. The first kappa shape index (κ1) is 12.0. The molecule has 4 heteroatoms. The van der Waals surface area contributed by atoms with Crippen molar-refractivity contribution in [2.24, 2.45) is 7.05 Å². The van der Waals surface area contributed by atoms with Crippen molar-refractivity contribution in [1.29, 1.82) is 0 Å². The van der Waals surface area contributed by atoms with E-state index in [1.54, 1.807) is 0 Å². The van der Waals surface area contributed by atoms with Gasteiger partial charge in [-0.2, -0.15) is 5.10 Å². The maximum Gasteiger partial charge on any atom is 0.134 e. The van der Waals surface area contributed by atoms with Crippen LogP contribution in [-0.2, 0) is 13.6 Å². The molecule has 0 saturated heterocycles. The Hall–Kier alpha value is -2.07. The second-order valence-corrected chi connectivity index (χ2v) is 4.74. The Labute approximate surface area is 112 Å². The van der Waals surface area contributed by atoms with E-state index in [0.717, 1.165) is 29.0 Å². The molecule has 1 atom stereocenters. The minimum Gasteiger partial charge on any atom is -0.459 e. The van der Waals surface area contributed by atoms with E-state index in [1.165, 1.54) is 0 Å². The zero-order chi connectivity index (χ0) is 13.2. The minimum absolute atomic E-state index is 0.169. The second kappa shape index (κ2) is 4.90. The second-order valence-electron chi connectivity index (χ2n) is 4.74. The van der Waals surface area contributed by atoms with Crippen LogP contribution in [-0.4, -0.2) is 9.78 Å². The summed E-state index contributed by atoms with van der Waals surface area (Å²) in [4.78, 5) is 0. The van der Waals surface area contributed by atoms with Crippen molar-refractivity contribution in [1.82, 2.24) is 15.1 Å². The Morgan fingerprint density at radius 2 is 2.16 bits per heavy atom. The van der Waals surface area contributed by atoms with E-state index in [0.29, 0.717) is 0 Å². The van der Waals surface area contributed by atoms with Crippen molar-refractivity contribution < 1.29 is 4.42 Å². The molecule has 1 N–H and O–H groups in total. The van der Waals surface area contributed by atoms with Crippen LogP contribution in [0.15, 0.2) is 47.0 Å². The molecule has 1 unspecified atom stereocenters. The summed E-state index contributed by atoms with van der Waals surface area (Å²) < 4.78 is 7.72. The van der Waals surface area contributed by atoms with Crippen molar-refractivity contribution in [2.45, 2.75) is 19.5 Å². The zero-order valence-electron chi connectivity index (χ0n) is 11.1. The van der Waals surface area contributed by atoms with Gasteiger partial charge in [-0.15, -0.1) is 0 Å². The molecule has 4 nitrogen and oxygen atoms in total. The third-order valence-electron chi connectivity index (χ3n) is 3.38. The van der Waals surface area contributed by atoms with Gasteiger partial charge in [-0.05, 0) is 25.1 Å². The molecule has 0 radical (unpaired) electrons. The Balaban J connectivity index is 1.73. The molecule has 0 amide bonds. The fourth-order valence-electron chi connectivity index (χ4n) is 2.15. The van der Waals surface area contributed by atoms with Crippen LogP contribution in [0, 0.1) is 0 Å². The van der Waals surface area contributed by atoms with Crippen LogP contribution >= 0.6 is 0 Å². The maximum absolute atomic E-state index is 5.85. The summed E-state index contributed by atoms with van der Waals surface area (Å²) >= 11 is 0. The number of benzene rings is 1. The van der Waals surface area contributed by atoms with Crippen LogP contribution in [0.2, 0.25) is 0 Å². The lowest BCUT2D eigenvalue weighted by Crippen LogP contribution is -2.19. The van der Waals surface area contributed by atoms with Gasteiger partial charge in [-0.1, -0.05) is 18.2 Å². The van der Waals surface area contributed by atoms with Crippen LogP contribution < -0.4 is 5.32 Å². The molecule has 0 spiro atoms. The van der Waals surface area contributed by atoms with E-state index in [2.05, 4.69) is 29.5 Å². The van der Waals surface area contributed by atoms with E-state index >= 15 is 0 Å². The fraction of sp³-hybridized carbons (Fsp3) is 0.267. The van der Waals surface area contributed by atoms with Crippen LogP contribution in [0.25, 0.3) is 11.0 Å². The highest BCUT2D eigenvalue weighted by Crippen LogP contribution is 2.23. The smallest absolute Gasteiger partial charge is 0.134 e. The number of aryl methyl sites for hydroxylation is 1. The number of aromatic nitrogens is 2. The average molecular weight is 255 g/mol. The lowest BCUT2D eigenvalue weighted by atomic mass is 10.2. The summed E-state index contributed by atoms with van der Waals surface area (Å²) in [5, 5.41) is 8.75.